The summed E-state index contributed by atoms with van der Waals surface area (Å²) in [6.07, 6.45) is 3.15. The van der Waals surface area contributed by atoms with Crippen LogP contribution in [0.1, 0.15) is 38.0 Å². The molecule has 4 rings (SSSR count). The summed E-state index contributed by atoms with van der Waals surface area (Å²) in [6, 6.07) is 15.8. The minimum absolute atomic E-state index is 0.391. The van der Waals surface area contributed by atoms with Crippen molar-refractivity contribution in [2.45, 2.75) is 37.6 Å². The minimum Gasteiger partial charge on any atom is -0.497 e. The van der Waals surface area contributed by atoms with Crippen molar-refractivity contribution >= 4 is 17.4 Å². The summed E-state index contributed by atoms with van der Waals surface area (Å²) < 4.78 is 11.6. The fourth-order valence-corrected chi connectivity index (χ4v) is 3.93. The maximum atomic E-state index is 6.29. The molecule has 1 atom stereocenters. The van der Waals surface area contributed by atoms with Crippen LogP contribution in [-0.4, -0.2) is 28.0 Å². The van der Waals surface area contributed by atoms with Gasteiger partial charge >= 0.3 is 0 Å². The zero-order valence-corrected chi connectivity index (χ0v) is 17.4. The molecule has 1 aliphatic rings. The summed E-state index contributed by atoms with van der Waals surface area (Å²) in [7, 11) is 1.66. The topological polar surface area (TPSA) is 69.2 Å². The lowest BCUT2D eigenvalue weighted by molar-refractivity contribution is 0.225. The van der Waals surface area contributed by atoms with Crippen LogP contribution in [0.5, 0.6) is 11.6 Å². The average Bonchev–Trinajstić information content (AvgIpc) is 2.93. The van der Waals surface area contributed by atoms with Gasteiger partial charge in [0.25, 0.3) is 0 Å². The number of hydrogen-bond donors (Lipinski definition) is 1. The molecule has 0 spiro atoms. The first kappa shape index (κ1) is 19.5. The average molecular weight is 409 g/mol. The third kappa shape index (κ3) is 4.45. The van der Waals surface area contributed by atoms with E-state index >= 15 is 0 Å². The number of thioether (sulfide) groups is 1. The number of unbranched alkanes of at least 4 members (excludes halogenated alkanes) is 2. The van der Waals surface area contributed by atoms with E-state index in [4.69, 9.17) is 9.47 Å². The van der Waals surface area contributed by atoms with Gasteiger partial charge in [-0.25, -0.2) is 0 Å². The molecule has 0 amide bonds. The van der Waals surface area contributed by atoms with E-state index in [0.717, 1.165) is 34.7 Å². The standard InChI is InChI=1S/C22H24N4O2S/c1-3-4-7-14-29-22-24-21-19(25-26-22)17-8-5-6-9-18(17)23-20(28-21)15-10-12-16(27-2)13-11-15/h5-6,8-13,20,23H,3-4,7,14H2,1-2H3/t20-/m0/s1. The van der Waals surface area contributed by atoms with E-state index in [1.165, 1.54) is 12.8 Å². The van der Waals surface area contributed by atoms with Gasteiger partial charge in [0.15, 0.2) is 11.9 Å². The van der Waals surface area contributed by atoms with E-state index in [-0.39, 0.29) is 0 Å². The van der Waals surface area contributed by atoms with E-state index in [1.54, 1.807) is 18.9 Å². The van der Waals surface area contributed by atoms with Crippen molar-refractivity contribution in [2.75, 3.05) is 18.2 Å². The quantitative estimate of drug-likeness (QED) is 0.418. The smallest absolute Gasteiger partial charge is 0.247 e. The molecular formula is C22H24N4O2S. The highest BCUT2D eigenvalue weighted by atomic mass is 32.2. The Morgan fingerprint density at radius 2 is 1.90 bits per heavy atom. The van der Waals surface area contributed by atoms with Crippen LogP contribution < -0.4 is 14.8 Å². The zero-order chi connectivity index (χ0) is 20.1. The molecule has 1 aliphatic heterocycles. The summed E-state index contributed by atoms with van der Waals surface area (Å²) >= 11 is 1.62. The van der Waals surface area contributed by atoms with E-state index in [9.17, 15) is 0 Å². The predicted octanol–water partition coefficient (Wildman–Crippen LogP) is 5.33. The van der Waals surface area contributed by atoms with Crippen LogP contribution in [0, 0.1) is 0 Å². The number of benzene rings is 2. The van der Waals surface area contributed by atoms with E-state index in [1.807, 2.05) is 48.5 Å². The van der Waals surface area contributed by atoms with Gasteiger partial charge in [0.05, 0.1) is 7.11 Å². The third-order valence-electron chi connectivity index (χ3n) is 4.73. The number of methoxy groups -OCH3 is 1. The van der Waals surface area contributed by atoms with Crippen molar-refractivity contribution in [3.05, 3.63) is 54.1 Å². The van der Waals surface area contributed by atoms with Gasteiger partial charge < -0.3 is 14.8 Å². The van der Waals surface area contributed by atoms with Gasteiger partial charge in [-0.3, -0.25) is 0 Å². The second kappa shape index (κ2) is 9.13. The van der Waals surface area contributed by atoms with Crippen LogP contribution in [0.4, 0.5) is 5.69 Å². The summed E-state index contributed by atoms with van der Waals surface area (Å²) in [5.74, 6) is 2.28. The molecule has 150 valence electrons. The number of nitrogens with one attached hydrogen (secondary N) is 1. The van der Waals surface area contributed by atoms with Gasteiger partial charge in [0, 0.05) is 22.6 Å². The van der Waals surface area contributed by atoms with Gasteiger partial charge in [0.1, 0.15) is 5.75 Å². The van der Waals surface area contributed by atoms with Crippen molar-refractivity contribution in [1.29, 1.82) is 0 Å². The SMILES string of the molecule is CCCCCSc1nnc2c(n1)O[C@@H](c1ccc(OC)cc1)Nc1ccccc1-2. The molecule has 0 radical (unpaired) electrons. The second-order valence-corrected chi connectivity index (χ2v) is 7.83. The highest BCUT2D eigenvalue weighted by molar-refractivity contribution is 7.99. The normalized spacial score (nSPS) is 14.8. The van der Waals surface area contributed by atoms with Crippen LogP contribution in [-0.2, 0) is 0 Å². The molecule has 0 saturated heterocycles. The molecule has 7 heteroatoms. The molecule has 0 saturated carbocycles. The Morgan fingerprint density at radius 3 is 2.69 bits per heavy atom. The Hall–Kier alpha value is -2.80. The van der Waals surface area contributed by atoms with Gasteiger partial charge in [-0.15, -0.1) is 10.2 Å². The lowest BCUT2D eigenvalue weighted by atomic mass is 10.1. The van der Waals surface area contributed by atoms with Crippen LogP contribution in [0.15, 0.2) is 53.7 Å². The summed E-state index contributed by atoms with van der Waals surface area (Å²) in [5.41, 5.74) is 3.50. The maximum absolute atomic E-state index is 6.29. The van der Waals surface area contributed by atoms with Crippen LogP contribution in [0.3, 0.4) is 0 Å². The fraction of sp³-hybridized carbons (Fsp3) is 0.318. The highest BCUT2D eigenvalue weighted by Crippen LogP contribution is 2.39. The van der Waals surface area contributed by atoms with Gasteiger partial charge in [-0.05, 0) is 36.8 Å². The number of fused-ring (bicyclic) bond motifs is 3. The zero-order valence-electron chi connectivity index (χ0n) is 16.6. The first-order valence-electron chi connectivity index (χ1n) is 9.82. The number of nitrogens with zero attached hydrogens (tertiary/aromatic N) is 3. The van der Waals surface area contributed by atoms with Crippen LogP contribution in [0.25, 0.3) is 11.3 Å². The second-order valence-electron chi connectivity index (χ2n) is 6.76. The van der Waals surface area contributed by atoms with Crippen molar-refractivity contribution in [3.8, 4) is 22.9 Å². The Bertz CT molecular complexity index is 965. The molecule has 29 heavy (non-hydrogen) atoms. The molecule has 3 aromatic rings. The van der Waals surface area contributed by atoms with Crippen molar-refractivity contribution in [3.63, 3.8) is 0 Å². The monoisotopic (exact) mass is 408 g/mol. The number of rotatable bonds is 7. The maximum Gasteiger partial charge on any atom is 0.247 e. The Morgan fingerprint density at radius 1 is 1.07 bits per heavy atom. The number of anilines is 1. The van der Waals surface area contributed by atoms with E-state index in [0.29, 0.717) is 16.7 Å². The molecule has 0 bridgehead atoms. The molecule has 1 N–H and O–H groups in total. The van der Waals surface area contributed by atoms with Gasteiger partial charge in [0.2, 0.25) is 11.0 Å². The van der Waals surface area contributed by atoms with Crippen LogP contribution >= 0.6 is 11.8 Å². The number of ether oxygens (including phenoxy) is 2. The Kier molecular flexibility index (Phi) is 6.14. The Balaban J connectivity index is 1.66. The largest absolute Gasteiger partial charge is 0.497 e. The summed E-state index contributed by atoms with van der Waals surface area (Å²) in [4.78, 5) is 4.68. The lowest BCUT2D eigenvalue weighted by Crippen LogP contribution is -2.17. The highest BCUT2D eigenvalue weighted by Gasteiger charge is 2.26. The molecule has 2 heterocycles. The van der Waals surface area contributed by atoms with Crippen LogP contribution in [0.2, 0.25) is 0 Å². The van der Waals surface area contributed by atoms with Gasteiger partial charge in [-0.1, -0.05) is 49.7 Å². The van der Waals surface area contributed by atoms with E-state index in [2.05, 4.69) is 27.4 Å². The molecule has 0 unspecified atom stereocenters. The summed E-state index contributed by atoms with van der Waals surface area (Å²) in [5, 5.41) is 12.9. The van der Waals surface area contributed by atoms with E-state index < -0.39 is 6.23 Å². The molecule has 0 fully saturated rings. The first-order chi connectivity index (χ1) is 14.3. The van der Waals surface area contributed by atoms with Crippen molar-refractivity contribution < 1.29 is 9.47 Å². The number of aromatic nitrogens is 3. The number of hydrogen-bond acceptors (Lipinski definition) is 7. The Labute approximate surface area is 175 Å². The first-order valence-corrected chi connectivity index (χ1v) is 10.8. The van der Waals surface area contributed by atoms with Crippen molar-refractivity contribution in [2.24, 2.45) is 0 Å². The molecular weight excluding hydrogens is 384 g/mol. The summed E-state index contributed by atoms with van der Waals surface area (Å²) in [6.45, 7) is 2.20. The third-order valence-corrected chi connectivity index (χ3v) is 5.66. The number of para-hydroxylation sites is 1. The predicted molar refractivity (Wildman–Crippen MR) is 115 cm³/mol. The molecule has 2 aromatic carbocycles. The fourth-order valence-electron chi connectivity index (χ4n) is 3.15. The lowest BCUT2D eigenvalue weighted by Gasteiger charge is -2.19. The molecule has 0 aliphatic carbocycles. The molecule has 1 aromatic heterocycles. The van der Waals surface area contributed by atoms with Gasteiger partial charge in [-0.2, -0.15) is 4.98 Å². The van der Waals surface area contributed by atoms with Crippen molar-refractivity contribution in [1.82, 2.24) is 15.2 Å². The minimum atomic E-state index is -0.391. The molecule has 6 nitrogen and oxygen atoms in total.